The standard InChI is InChI=1S/C66H96F6N12O16/c1-39(2)49(53(85)65(67,68)69)79-59(91)47-13-11-29-83(47)61(93)51(41(5)6)81-57(89)45-19-15-43(16-20-45)55(87)73-25-31-97-35-37-99-33-27-77-63(95)75-23-9-10-24-76-64(96)78-28-34-100-38-36-98-32-26-74-56(88)44-17-21-46(22-18-44)58(90)82-52(42(7)8)62(94)84-30-12-14-48(84)60(92)80-50(40(3)4)54(86)66(70,71)72/h15-22,39-42,47-52H,9-14,23-38H2,1-8H3,(H,73,87)(H,74,88)(H,79,91)(H,80,92)(H,81,89)(H,82,90)(H2,75,77,95)(H2,76,78,96)/t47-,48-,49?,50?,51-,52-/m0/s1. The number of rotatable bonds is 41. The number of nitrogens with zero attached hydrogens (tertiary/aromatic N) is 2. The number of ether oxygens (including phenoxy) is 4. The molecule has 2 aromatic carbocycles. The average molecular weight is 1430 g/mol. The van der Waals surface area contributed by atoms with Crippen LogP contribution in [0.15, 0.2) is 48.5 Å². The van der Waals surface area contributed by atoms with Crippen LogP contribution in [0, 0.1) is 23.7 Å². The number of urea groups is 2. The molecule has 558 valence electrons. The topological polar surface area (TPSA) is 369 Å². The minimum absolute atomic E-state index is 0.116. The molecule has 0 saturated carbocycles. The molecule has 2 heterocycles. The van der Waals surface area contributed by atoms with Gasteiger partial charge in [0.1, 0.15) is 24.2 Å². The van der Waals surface area contributed by atoms with Gasteiger partial charge in [-0.3, -0.25) is 47.9 Å². The van der Waals surface area contributed by atoms with Gasteiger partial charge in [-0.05, 0) is 111 Å². The van der Waals surface area contributed by atoms with E-state index in [4.69, 9.17) is 18.9 Å². The highest BCUT2D eigenvalue weighted by Crippen LogP contribution is 2.27. The fraction of sp³-hybridized carbons (Fsp3) is 0.636. The summed E-state index contributed by atoms with van der Waals surface area (Å²) in [6.07, 6.45) is -8.08. The second-order valence-corrected chi connectivity index (χ2v) is 25.1. The number of hydrogen-bond donors (Lipinski definition) is 10. The smallest absolute Gasteiger partial charge is 0.377 e. The summed E-state index contributed by atoms with van der Waals surface area (Å²) in [4.78, 5) is 157. The van der Waals surface area contributed by atoms with E-state index in [-0.39, 0.29) is 139 Å². The van der Waals surface area contributed by atoms with Gasteiger partial charge >= 0.3 is 24.4 Å². The van der Waals surface area contributed by atoms with Crippen LogP contribution in [0.4, 0.5) is 35.9 Å². The lowest BCUT2D eigenvalue weighted by Gasteiger charge is -2.32. The third-order valence-electron chi connectivity index (χ3n) is 16.0. The van der Waals surface area contributed by atoms with Crippen LogP contribution >= 0.6 is 0 Å². The van der Waals surface area contributed by atoms with Gasteiger partial charge in [-0.25, -0.2) is 9.59 Å². The highest BCUT2D eigenvalue weighted by Gasteiger charge is 2.49. The van der Waals surface area contributed by atoms with Crippen molar-refractivity contribution in [3.8, 4) is 0 Å². The number of carbonyl (C=O) groups is 12. The SMILES string of the molecule is CC(C)C(NC(=O)[C@@H]1CCCN1C(=O)[C@@H](NC(=O)c1ccc(C(=O)NCCOCCOCCNC(=O)NCCCCNC(=O)NCCOCCOCCNC(=O)c2ccc(C(=O)N[C@H](C(=O)N3CCC[C@H]3C(=O)NC(C(=O)C(F)(F)F)C(C)C)C(C)C)cc2)cc1)C(C)C)C(=O)C(F)(F)F. The zero-order chi connectivity index (χ0) is 74.3. The third-order valence-corrected chi connectivity index (χ3v) is 16.0. The Bertz CT molecular complexity index is 2850. The first-order chi connectivity index (χ1) is 47.2. The molecule has 28 nitrogen and oxygen atoms in total. The molecule has 0 radical (unpaired) electrons. The van der Waals surface area contributed by atoms with Crippen molar-refractivity contribution in [3.63, 3.8) is 0 Å². The third kappa shape index (κ3) is 27.9. The number of benzene rings is 2. The summed E-state index contributed by atoms with van der Waals surface area (Å²) in [5.41, 5.74) is 0.749. The average Bonchev–Trinajstić information content (AvgIpc) is 1.59. The fourth-order valence-electron chi connectivity index (χ4n) is 10.5. The van der Waals surface area contributed by atoms with Crippen molar-refractivity contribution in [3.05, 3.63) is 70.8 Å². The van der Waals surface area contributed by atoms with Crippen LogP contribution in [0.25, 0.3) is 0 Å². The van der Waals surface area contributed by atoms with Crippen LogP contribution in [0.5, 0.6) is 0 Å². The van der Waals surface area contributed by atoms with Gasteiger partial charge in [0.05, 0.1) is 64.9 Å². The van der Waals surface area contributed by atoms with E-state index in [1.807, 2.05) is 0 Å². The van der Waals surface area contributed by atoms with Gasteiger partial charge in [-0.1, -0.05) is 55.4 Å². The van der Waals surface area contributed by atoms with Crippen LogP contribution in [-0.4, -0.2) is 235 Å². The molecule has 0 spiro atoms. The van der Waals surface area contributed by atoms with Crippen molar-refractivity contribution < 1.29 is 103 Å². The molecule has 0 aromatic heterocycles. The summed E-state index contributed by atoms with van der Waals surface area (Å²) in [6.45, 7) is 15.5. The predicted octanol–water partition coefficient (Wildman–Crippen LogP) is 3.33. The number of carbonyl (C=O) groups excluding carboxylic acids is 12. The van der Waals surface area contributed by atoms with E-state index in [1.54, 1.807) is 27.7 Å². The fourth-order valence-corrected chi connectivity index (χ4v) is 10.5. The number of amides is 12. The second kappa shape index (κ2) is 41.9. The predicted molar refractivity (Wildman–Crippen MR) is 350 cm³/mol. The van der Waals surface area contributed by atoms with Crippen LogP contribution in [0.3, 0.4) is 0 Å². The maximum Gasteiger partial charge on any atom is 0.452 e. The number of likely N-dealkylation sites (tertiary alicyclic amines) is 2. The second-order valence-electron chi connectivity index (χ2n) is 25.1. The van der Waals surface area contributed by atoms with E-state index in [0.717, 1.165) is 0 Å². The maximum atomic E-state index is 13.7. The molecule has 100 heavy (non-hydrogen) atoms. The van der Waals surface area contributed by atoms with Crippen LogP contribution in [-0.2, 0) is 47.7 Å². The van der Waals surface area contributed by atoms with Gasteiger partial charge in [-0.15, -0.1) is 0 Å². The van der Waals surface area contributed by atoms with Crippen LogP contribution < -0.4 is 53.2 Å². The van der Waals surface area contributed by atoms with E-state index in [0.29, 0.717) is 38.8 Å². The molecular formula is C66H96F6N12O16. The molecule has 4 rings (SSSR count). The Kier molecular flexibility index (Phi) is 35.2. The molecule has 2 aromatic rings. The molecule has 10 N–H and O–H groups in total. The van der Waals surface area contributed by atoms with Crippen molar-refractivity contribution in [1.29, 1.82) is 0 Å². The van der Waals surface area contributed by atoms with E-state index in [1.165, 1.54) is 86.0 Å². The Morgan fingerprint density at radius 2 is 0.650 bits per heavy atom. The summed E-state index contributed by atoms with van der Waals surface area (Å²) in [6, 6.07) is 2.36. The monoisotopic (exact) mass is 1430 g/mol. The largest absolute Gasteiger partial charge is 0.452 e. The first-order valence-electron chi connectivity index (χ1n) is 33.4. The molecule has 2 aliphatic heterocycles. The first kappa shape index (κ1) is 83.9. The zero-order valence-corrected chi connectivity index (χ0v) is 57.6. The summed E-state index contributed by atoms with van der Waals surface area (Å²) < 4.78 is 101. The maximum absolute atomic E-state index is 13.7. The Hall–Kier alpha value is -8.50. The summed E-state index contributed by atoms with van der Waals surface area (Å²) in [5, 5.41) is 25.9. The number of alkyl halides is 6. The molecule has 0 bridgehead atoms. The summed E-state index contributed by atoms with van der Waals surface area (Å²) in [5.74, 6) is -12.0. The molecule has 2 unspecified atom stereocenters. The lowest BCUT2D eigenvalue weighted by molar-refractivity contribution is -0.175. The minimum Gasteiger partial charge on any atom is -0.377 e. The Balaban J connectivity index is 0.956. The van der Waals surface area contributed by atoms with Crippen molar-refractivity contribution in [1.82, 2.24) is 63.0 Å². The lowest BCUT2D eigenvalue weighted by Crippen LogP contribution is -2.58. The minimum atomic E-state index is -5.17. The summed E-state index contributed by atoms with van der Waals surface area (Å²) >= 11 is 0. The molecule has 2 saturated heterocycles. The number of hydrogen-bond acceptors (Lipinski definition) is 16. The summed E-state index contributed by atoms with van der Waals surface area (Å²) in [7, 11) is 0. The normalized spacial score (nSPS) is 15.9. The van der Waals surface area contributed by atoms with Crippen LogP contribution in [0.1, 0.15) is 135 Å². The number of nitrogens with one attached hydrogen (secondary N) is 10. The molecule has 0 aliphatic carbocycles. The first-order valence-corrected chi connectivity index (χ1v) is 33.4. The Morgan fingerprint density at radius 3 is 0.930 bits per heavy atom. The van der Waals surface area contributed by atoms with E-state index in [2.05, 4.69) is 53.2 Å². The Morgan fingerprint density at radius 1 is 0.380 bits per heavy atom. The van der Waals surface area contributed by atoms with Crippen molar-refractivity contribution >= 4 is 70.9 Å². The van der Waals surface area contributed by atoms with Crippen LogP contribution in [0.2, 0.25) is 0 Å². The van der Waals surface area contributed by atoms with Crippen molar-refractivity contribution in [2.75, 3.05) is 105 Å². The van der Waals surface area contributed by atoms with Crippen molar-refractivity contribution in [2.24, 2.45) is 23.7 Å². The van der Waals surface area contributed by atoms with Crippen molar-refractivity contribution in [2.45, 2.75) is 143 Å². The number of halogens is 6. The van der Waals surface area contributed by atoms with Gasteiger partial charge in [0.15, 0.2) is 0 Å². The molecule has 12 amide bonds. The zero-order valence-electron chi connectivity index (χ0n) is 57.6. The number of ketones is 2. The Labute approximate surface area is 577 Å². The highest BCUT2D eigenvalue weighted by molar-refractivity contribution is 6.02. The number of unbranched alkanes of at least 4 members (excludes halogenated alkanes) is 1. The van der Waals surface area contributed by atoms with Gasteiger partial charge in [0.25, 0.3) is 35.2 Å². The quantitative estimate of drug-likeness (QED) is 0.0337. The molecule has 2 fully saturated rings. The van der Waals surface area contributed by atoms with Gasteiger partial charge in [0, 0.05) is 74.6 Å². The van der Waals surface area contributed by atoms with E-state index >= 15 is 0 Å². The number of Topliss-reactive ketones (excluding diaryl/α,β-unsaturated/α-hetero) is 2. The molecular weight excluding hydrogens is 1330 g/mol. The lowest BCUT2D eigenvalue weighted by atomic mass is 9.98. The molecule has 34 heteroatoms. The molecule has 2 aliphatic rings. The molecule has 6 atom stereocenters. The highest BCUT2D eigenvalue weighted by atomic mass is 19.4. The van der Waals surface area contributed by atoms with E-state index < -0.39 is 131 Å². The van der Waals surface area contributed by atoms with Gasteiger partial charge in [0.2, 0.25) is 23.6 Å². The van der Waals surface area contributed by atoms with Gasteiger partial charge < -0.3 is 81.9 Å². The van der Waals surface area contributed by atoms with E-state index in [9.17, 15) is 83.9 Å². The van der Waals surface area contributed by atoms with Gasteiger partial charge in [-0.2, -0.15) is 26.3 Å².